The van der Waals surface area contributed by atoms with Gasteiger partial charge in [-0.1, -0.05) is 6.07 Å². The van der Waals surface area contributed by atoms with Gasteiger partial charge >= 0.3 is 12.1 Å². The maximum absolute atomic E-state index is 12.8. The van der Waals surface area contributed by atoms with E-state index in [0.29, 0.717) is 0 Å². The van der Waals surface area contributed by atoms with Gasteiger partial charge in [0.2, 0.25) is 0 Å². The monoisotopic (exact) mass is 297 g/mol. The van der Waals surface area contributed by atoms with Gasteiger partial charge in [0.05, 0.1) is 18.4 Å². The number of alkyl halides is 3. The van der Waals surface area contributed by atoms with E-state index in [4.69, 9.17) is 9.84 Å². The summed E-state index contributed by atoms with van der Waals surface area (Å²) in [6.45, 7) is 0. The number of carboxylic acids is 1. The number of rotatable bonds is 3. The Kier molecular flexibility index (Phi) is 3.84. The lowest BCUT2D eigenvalue weighted by atomic mass is 10.1. The lowest BCUT2D eigenvalue weighted by molar-refractivity contribution is -0.137. The zero-order chi connectivity index (χ0) is 15.6. The van der Waals surface area contributed by atoms with E-state index in [1.807, 2.05) is 0 Å². The highest BCUT2D eigenvalue weighted by Gasteiger charge is 2.31. The molecule has 1 aromatic carbocycles. The lowest BCUT2D eigenvalue weighted by Gasteiger charge is -2.12. The van der Waals surface area contributed by atoms with Crippen LogP contribution in [0.4, 0.5) is 13.2 Å². The Labute approximate surface area is 117 Å². The summed E-state index contributed by atoms with van der Waals surface area (Å²) in [6.07, 6.45) is -4.51. The number of hydrogen-bond donors (Lipinski definition) is 1. The molecule has 2 aromatic rings. The van der Waals surface area contributed by atoms with Crippen LogP contribution in [0.15, 0.2) is 36.4 Å². The summed E-state index contributed by atoms with van der Waals surface area (Å²) in [5, 5.41) is 8.89. The first kappa shape index (κ1) is 14.8. The van der Waals surface area contributed by atoms with Crippen molar-refractivity contribution in [1.82, 2.24) is 4.98 Å². The topological polar surface area (TPSA) is 59.4 Å². The zero-order valence-corrected chi connectivity index (χ0v) is 10.8. The Bertz CT molecular complexity index is 683. The molecule has 7 heteroatoms. The predicted octanol–water partition coefficient (Wildman–Crippen LogP) is 3.47. The molecule has 1 N–H and O–H groups in total. The Balaban J connectivity index is 2.61. The average Bonchev–Trinajstić information content (AvgIpc) is 2.45. The van der Waals surface area contributed by atoms with Crippen molar-refractivity contribution in [1.29, 1.82) is 0 Å². The molecule has 0 aliphatic heterocycles. The van der Waals surface area contributed by atoms with Crippen LogP contribution >= 0.6 is 0 Å². The summed E-state index contributed by atoms with van der Waals surface area (Å²) in [5.41, 5.74) is -0.943. The van der Waals surface area contributed by atoms with Crippen molar-refractivity contribution < 1.29 is 27.8 Å². The number of pyridine rings is 1. The van der Waals surface area contributed by atoms with Gasteiger partial charge in [0.15, 0.2) is 0 Å². The predicted molar refractivity (Wildman–Crippen MR) is 68.2 cm³/mol. The number of halogens is 3. The second-order valence-corrected chi connectivity index (χ2v) is 4.13. The number of aromatic nitrogens is 1. The van der Waals surface area contributed by atoms with Crippen molar-refractivity contribution in [3.63, 3.8) is 0 Å². The van der Waals surface area contributed by atoms with Gasteiger partial charge in [-0.15, -0.1) is 0 Å². The Morgan fingerprint density at radius 2 is 1.95 bits per heavy atom. The standard InChI is InChI=1S/C14H10F3NO3/c1-21-12-6-5-8(14(15,16)17)7-9(12)10-3-2-4-11(18-10)13(19)20/h2-7H,1H3,(H,19,20). The molecule has 110 valence electrons. The lowest BCUT2D eigenvalue weighted by Crippen LogP contribution is -2.06. The summed E-state index contributed by atoms with van der Waals surface area (Å²) in [7, 11) is 1.31. The maximum Gasteiger partial charge on any atom is 0.416 e. The molecule has 0 amide bonds. The van der Waals surface area contributed by atoms with E-state index in [9.17, 15) is 18.0 Å². The summed E-state index contributed by atoms with van der Waals surface area (Å²) in [5.74, 6) is -1.08. The first-order chi connectivity index (χ1) is 9.82. The van der Waals surface area contributed by atoms with Crippen molar-refractivity contribution in [2.75, 3.05) is 7.11 Å². The minimum Gasteiger partial charge on any atom is -0.496 e. The summed E-state index contributed by atoms with van der Waals surface area (Å²) in [6, 6.07) is 7.03. The van der Waals surface area contributed by atoms with Crippen molar-refractivity contribution in [2.45, 2.75) is 6.18 Å². The van der Waals surface area contributed by atoms with E-state index in [1.54, 1.807) is 0 Å². The quantitative estimate of drug-likeness (QED) is 0.942. The number of aromatic carboxylic acids is 1. The van der Waals surface area contributed by atoms with Crippen LogP contribution in [-0.4, -0.2) is 23.2 Å². The number of nitrogens with zero attached hydrogens (tertiary/aromatic N) is 1. The molecule has 1 heterocycles. The van der Waals surface area contributed by atoms with Crippen molar-refractivity contribution in [3.05, 3.63) is 47.7 Å². The zero-order valence-electron chi connectivity index (χ0n) is 10.8. The molecule has 21 heavy (non-hydrogen) atoms. The van der Waals surface area contributed by atoms with E-state index < -0.39 is 17.7 Å². The smallest absolute Gasteiger partial charge is 0.416 e. The number of hydrogen-bond acceptors (Lipinski definition) is 3. The van der Waals surface area contributed by atoms with Gasteiger partial charge in [-0.2, -0.15) is 13.2 Å². The van der Waals surface area contributed by atoms with Crippen molar-refractivity contribution >= 4 is 5.97 Å². The fourth-order valence-corrected chi connectivity index (χ4v) is 1.79. The fourth-order valence-electron chi connectivity index (χ4n) is 1.79. The highest BCUT2D eigenvalue weighted by Crippen LogP contribution is 2.36. The van der Waals surface area contributed by atoms with Crippen LogP contribution in [0.25, 0.3) is 11.3 Å². The van der Waals surface area contributed by atoms with E-state index in [2.05, 4.69) is 4.98 Å². The van der Waals surface area contributed by atoms with Crippen LogP contribution in [0.2, 0.25) is 0 Å². The van der Waals surface area contributed by atoms with Gasteiger partial charge in [0.25, 0.3) is 0 Å². The molecule has 0 atom stereocenters. The third-order valence-electron chi connectivity index (χ3n) is 2.77. The largest absolute Gasteiger partial charge is 0.496 e. The SMILES string of the molecule is COc1ccc(C(F)(F)F)cc1-c1cccc(C(=O)O)n1. The van der Waals surface area contributed by atoms with E-state index >= 15 is 0 Å². The molecule has 0 aliphatic carbocycles. The molecule has 0 fully saturated rings. The van der Waals surface area contributed by atoms with Gasteiger partial charge in [-0.05, 0) is 30.3 Å². The molecule has 0 saturated carbocycles. The molecule has 0 saturated heterocycles. The molecule has 0 radical (unpaired) electrons. The average molecular weight is 297 g/mol. The number of ether oxygens (including phenoxy) is 1. The number of methoxy groups -OCH3 is 1. The summed E-state index contributed by atoms with van der Waals surface area (Å²) < 4.78 is 43.3. The molecule has 0 bridgehead atoms. The van der Waals surface area contributed by atoms with Gasteiger partial charge in [0.1, 0.15) is 11.4 Å². The van der Waals surface area contributed by atoms with Crippen LogP contribution in [0.3, 0.4) is 0 Å². The van der Waals surface area contributed by atoms with Crippen LogP contribution in [-0.2, 0) is 6.18 Å². The number of carbonyl (C=O) groups is 1. The highest BCUT2D eigenvalue weighted by molar-refractivity contribution is 5.86. The van der Waals surface area contributed by atoms with E-state index in [-0.39, 0.29) is 22.7 Å². The first-order valence-corrected chi connectivity index (χ1v) is 5.79. The van der Waals surface area contributed by atoms with E-state index in [0.717, 1.165) is 12.1 Å². The first-order valence-electron chi connectivity index (χ1n) is 5.79. The summed E-state index contributed by atoms with van der Waals surface area (Å²) in [4.78, 5) is 14.7. The minimum atomic E-state index is -4.51. The number of carboxylic acid groups (broad SMARTS) is 1. The van der Waals surface area contributed by atoms with Crippen LogP contribution in [0.1, 0.15) is 16.1 Å². The number of benzene rings is 1. The molecule has 4 nitrogen and oxygen atoms in total. The molecule has 2 rings (SSSR count). The van der Waals surface area contributed by atoms with Gasteiger partial charge < -0.3 is 9.84 Å². The van der Waals surface area contributed by atoms with Gasteiger partial charge in [-0.25, -0.2) is 9.78 Å². The molecular weight excluding hydrogens is 287 g/mol. The van der Waals surface area contributed by atoms with Crippen LogP contribution < -0.4 is 4.74 Å². The second-order valence-electron chi connectivity index (χ2n) is 4.13. The van der Waals surface area contributed by atoms with Crippen molar-refractivity contribution in [3.8, 4) is 17.0 Å². The fraction of sp³-hybridized carbons (Fsp3) is 0.143. The maximum atomic E-state index is 12.8. The summed E-state index contributed by atoms with van der Waals surface area (Å²) >= 11 is 0. The molecule has 0 spiro atoms. The van der Waals surface area contributed by atoms with Gasteiger partial charge in [-0.3, -0.25) is 0 Å². The third-order valence-corrected chi connectivity index (χ3v) is 2.77. The minimum absolute atomic E-state index is 0.0791. The highest BCUT2D eigenvalue weighted by atomic mass is 19.4. The van der Waals surface area contributed by atoms with Crippen molar-refractivity contribution in [2.24, 2.45) is 0 Å². The third kappa shape index (κ3) is 3.13. The molecule has 1 aromatic heterocycles. The Morgan fingerprint density at radius 3 is 2.52 bits per heavy atom. The van der Waals surface area contributed by atoms with Gasteiger partial charge in [0, 0.05) is 5.56 Å². The van der Waals surface area contributed by atoms with Crippen LogP contribution in [0.5, 0.6) is 5.75 Å². The molecule has 0 aliphatic rings. The Hall–Kier alpha value is -2.57. The second kappa shape index (κ2) is 5.43. The molecular formula is C14H10F3NO3. The normalized spacial score (nSPS) is 11.2. The molecule has 0 unspecified atom stereocenters. The Morgan fingerprint density at radius 1 is 1.24 bits per heavy atom. The van der Waals surface area contributed by atoms with Crippen LogP contribution in [0, 0.1) is 0 Å². The van der Waals surface area contributed by atoms with E-state index in [1.165, 1.54) is 31.4 Å².